The summed E-state index contributed by atoms with van der Waals surface area (Å²) < 4.78 is 47.3. The number of hydrogen-bond acceptors (Lipinski definition) is 4. The molecule has 0 bridgehead atoms. The molecule has 7 heteroatoms. The summed E-state index contributed by atoms with van der Waals surface area (Å²) in [5.41, 5.74) is 0. The summed E-state index contributed by atoms with van der Waals surface area (Å²) in [6.45, 7) is 8.38. The van der Waals surface area contributed by atoms with Gasteiger partial charge in [0.15, 0.2) is 14.9 Å². The molecule has 0 radical (unpaired) electrons. The van der Waals surface area contributed by atoms with Crippen LogP contribution in [0.3, 0.4) is 0 Å². The lowest BCUT2D eigenvalue weighted by atomic mass is 9.86. The van der Waals surface area contributed by atoms with Crippen LogP contribution < -0.4 is 4.72 Å². The van der Waals surface area contributed by atoms with E-state index in [2.05, 4.69) is 4.72 Å². The van der Waals surface area contributed by atoms with Gasteiger partial charge in [0.25, 0.3) is 0 Å². The highest BCUT2D eigenvalue weighted by Crippen LogP contribution is 2.19. The van der Waals surface area contributed by atoms with Crippen LogP contribution in [0.4, 0.5) is 0 Å². The quantitative estimate of drug-likeness (QED) is 0.751. The van der Waals surface area contributed by atoms with Gasteiger partial charge >= 0.3 is 0 Å². The van der Waals surface area contributed by atoms with Gasteiger partial charge in [-0.1, -0.05) is 27.7 Å². The first-order chi connectivity index (χ1) is 7.44. The second-order valence-corrected chi connectivity index (χ2v) is 9.47. The minimum Gasteiger partial charge on any atom is -0.228 e. The third kappa shape index (κ3) is 7.72. The Morgan fingerprint density at radius 2 is 1.35 bits per heavy atom. The van der Waals surface area contributed by atoms with Crippen LogP contribution in [0.5, 0.6) is 0 Å². The van der Waals surface area contributed by atoms with Crippen molar-refractivity contribution in [3.63, 3.8) is 0 Å². The van der Waals surface area contributed by atoms with Gasteiger partial charge in [-0.2, -0.15) is 0 Å². The fraction of sp³-hybridized carbons (Fsp3) is 1.00. The zero-order valence-corrected chi connectivity index (χ0v) is 12.7. The molecule has 0 rings (SSSR count). The van der Waals surface area contributed by atoms with Gasteiger partial charge in [0.1, 0.15) is 0 Å². The van der Waals surface area contributed by atoms with Crippen molar-refractivity contribution in [1.82, 2.24) is 4.72 Å². The molecule has 0 amide bonds. The molecule has 104 valence electrons. The molecule has 0 aliphatic rings. The van der Waals surface area contributed by atoms with Crippen LogP contribution >= 0.6 is 0 Å². The third-order valence-electron chi connectivity index (χ3n) is 2.62. The Morgan fingerprint density at radius 1 is 0.941 bits per heavy atom. The lowest BCUT2D eigenvalue weighted by molar-refractivity contribution is 0.289. The molecule has 0 saturated heterocycles. The second-order valence-electron chi connectivity index (χ2n) is 5.16. The van der Waals surface area contributed by atoms with E-state index in [0.717, 1.165) is 6.26 Å². The van der Waals surface area contributed by atoms with Crippen LogP contribution in [-0.2, 0) is 19.9 Å². The Labute approximate surface area is 105 Å². The molecule has 0 aromatic rings. The minimum absolute atomic E-state index is 0.198. The number of sulfone groups is 1. The maximum absolute atomic E-state index is 11.5. The van der Waals surface area contributed by atoms with Crippen molar-refractivity contribution in [2.45, 2.75) is 27.7 Å². The zero-order valence-electron chi connectivity index (χ0n) is 11.1. The fourth-order valence-corrected chi connectivity index (χ4v) is 4.82. The lowest BCUT2D eigenvalue weighted by Crippen LogP contribution is -2.36. The van der Waals surface area contributed by atoms with Crippen LogP contribution in [0.1, 0.15) is 27.7 Å². The van der Waals surface area contributed by atoms with E-state index in [9.17, 15) is 16.8 Å². The third-order valence-corrected chi connectivity index (χ3v) is 6.18. The highest BCUT2D eigenvalue weighted by atomic mass is 32.3. The standard InChI is InChI=1S/C10H23NO4S2/c1-8(2)10(9(3)4)6-11-17(14,15)7-16(5,12)13/h8-11H,6-7H2,1-5H3. The molecule has 0 atom stereocenters. The maximum Gasteiger partial charge on any atom is 0.226 e. The smallest absolute Gasteiger partial charge is 0.226 e. The lowest BCUT2D eigenvalue weighted by Gasteiger charge is -2.24. The summed E-state index contributed by atoms with van der Waals surface area (Å²) in [5.74, 6) is 0.885. The molecule has 0 fully saturated rings. The molecule has 17 heavy (non-hydrogen) atoms. The molecule has 0 unspecified atom stereocenters. The SMILES string of the molecule is CC(C)C(CNS(=O)(=O)CS(C)(=O)=O)C(C)C. The van der Waals surface area contributed by atoms with Gasteiger partial charge < -0.3 is 0 Å². The van der Waals surface area contributed by atoms with Crippen LogP contribution in [-0.4, -0.2) is 34.7 Å². The van der Waals surface area contributed by atoms with Gasteiger partial charge in [-0.3, -0.25) is 0 Å². The topological polar surface area (TPSA) is 80.3 Å². The summed E-state index contributed by atoms with van der Waals surface area (Å²) >= 11 is 0. The summed E-state index contributed by atoms with van der Waals surface area (Å²) in [6.07, 6.45) is 0.911. The van der Waals surface area contributed by atoms with Gasteiger partial charge in [-0.15, -0.1) is 0 Å². The molecule has 0 saturated carbocycles. The van der Waals surface area contributed by atoms with Crippen molar-refractivity contribution in [2.24, 2.45) is 17.8 Å². The molecular weight excluding hydrogens is 262 g/mol. The van der Waals surface area contributed by atoms with E-state index in [4.69, 9.17) is 0 Å². The van der Waals surface area contributed by atoms with Gasteiger partial charge in [-0.05, 0) is 17.8 Å². The van der Waals surface area contributed by atoms with E-state index in [0.29, 0.717) is 11.8 Å². The summed E-state index contributed by atoms with van der Waals surface area (Å²) in [7, 11) is -7.26. The van der Waals surface area contributed by atoms with Crippen LogP contribution in [0.2, 0.25) is 0 Å². The normalized spacial score (nSPS) is 13.9. The van der Waals surface area contributed by atoms with Crippen molar-refractivity contribution in [1.29, 1.82) is 0 Å². The zero-order chi connectivity index (χ0) is 13.9. The van der Waals surface area contributed by atoms with E-state index in [1.165, 1.54) is 0 Å². The second kappa shape index (κ2) is 6.15. The highest BCUT2D eigenvalue weighted by molar-refractivity contribution is 8.06. The summed E-state index contributed by atoms with van der Waals surface area (Å²) in [6, 6.07) is 0. The van der Waals surface area contributed by atoms with E-state index in [1.807, 2.05) is 27.7 Å². The summed E-state index contributed by atoms with van der Waals surface area (Å²) in [5, 5.41) is -0.844. The maximum atomic E-state index is 11.5. The first-order valence-corrected chi connectivity index (χ1v) is 9.31. The molecule has 0 aromatic heterocycles. The first-order valence-electron chi connectivity index (χ1n) is 5.59. The average Bonchev–Trinajstić information content (AvgIpc) is 1.96. The van der Waals surface area contributed by atoms with E-state index < -0.39 is 24.9 Å². The average molecular weight is 285 g/mol. The van der Waals surface area contributed by atoms with Crippen LogP contribution in [0.25, 0.3) is 0 Å². The van der Waals surface area contributed by atoms with E-state index in [1.54, 1.807) is 0 Å². The Bertz CT molecular complexity index is 415. The molecule has 0 spiro atoms. The fourth-order valence-electron chi connectivity index (χ4n) is 1.79. The van der Waals surface area contributed by atoms with E-state index in [-0.39, 0.29) is 12.5 Å². The highest BCUT2D eigenvalue weighted by Gasteiger charge is 2.22. The molecular formula is C10H23NO4S2. The number of nitrogens with one attached hydrogen (secondary N) is 1. The van der Waals surface area contributed by atoms with Crippen molar-refractivity contribution < 1.29 is 16.8 Å². The van der Waals surface area contributed by atoms with Crippen molar-refractivity contribution in [2.75, 3.05) is 17.9 Å². The number of rotatable bonds is 7. The molecule has 0 aliphatic heterocycles. The van der Waals surface area contributed by atoms with Crippen LogP contribution in [0, 0.1) is 17.8 Å². The first kappa shape index (κ1) is 16.9. The molecule has 0 aromatic carbocycles. The monoisotopic (exact) mass is 285 g/mol. The van der Waals surface area contributed by atoms with Gasteiger partial charge in [0.05, 0.1) is 0 Å². The predicted molar refractivity (Wildman–Crippen MR) is 69.8 cm³/mol. The number of hydrogen-bond donors (Lipinski definition) is 1. The number of sulfonamides is 1. The Kier molecular flexibility index (Phi) is 6.10. The summed E-state index contributed by atoms with van der Waals surface area (Å²) in [4.78, 5) is 0. The molecule has 1 N–H and O–H groups in total. The van der Waals surface area contributed by atoms with E-state index >= 15 is 0 Å². The minimum atomic E-state index is -3.74. The van der Waals surface area contributed by atoms with Gasteiger partial charge in [-0.25, -0.2) is 21.6 Å². The van der Waals surface area contributed by atoms with Crippen molar-refractivity contribution in [3.8, 4) is 0 Å². The van der Waals surface area contributed by atoms with Gasteiger partial charge in [0.2, 0.25) is 10.0 Å². The van der Waals surface area contributed by atoms with Crippen molar-refractivity contribution >= 4 is 19.9 Å². The molecule has 5 nitrogen and oxygen atoms in total. The van der Waals surface area contributed by atoms with Gasteiger partial charge in [0, 0.05) is 12.8 Å². The Balaban J connectivity index is 4.55. The predicted octanol–water partition coefficient (Wildman–Crippen LogP) is 0.836. The Morgan fingerprint density at radius 3 is 1.65 bits per heavy atom. The van der Waals surface area contributed by atoms with Crippen molar-refractivity contribution in [3.05, 3.63) is 0 Å². The van der Waals surface area contributed by atoms with Crippen LogP contribution in [0.15, 0.2) is 0 Å². The largest absolute Gasteiger partial charge is 0.228 e. The molecule has 0 aliphatic carbocycles. The Hall–Kier alpha value is -0.140. The molecule has 0 heterocycles.